The Balaban J connectivity index is 2.33. The molecule has 2 aromatic heterocycles. The van der Waals surface area contributed by atoms with Gasteiger partial charge in [0.1, 0.15) is 0 Å². The van der Waals surface area contributed by atoms with Gasteiger partial charge in [0.15, 0.2) is 5.78 Å². The monoisotopic (exact) mass is 298 g/mol. The Hall–Kier alpha value is -1.66. The molecule has 0 fully saturated rings. The number of carbonyl (C=O) groups is 1. The van der Waals surface area contributed by atoms with E-state index in [9.17, 15) is 9.59 Å². The summed E-state index contributed by atoms with van der Waals surface area (Å²) in [5.41, 5.74) is 0.227. The Bertz CT molecular complexity index is 678. The summed E-state index contributed by atoms with van der Waals surface area (Å²) in [7, 11) is 1.41. The number of methoxy groups -OCH3 is 1. The van der Waals surface area contributed by atoms with Crippen molar-refractivity contribution in [2.24, 2.45) is 0 Å². The standard InChI is InChI=1S/C12H11ClN2O3S/c1-7-5-11(17)15(12(14-7)18-2)6-8(16)9-3-4-10(13)19-9/h3-5H,6H2,1-2H3. The average molecular weight is 299 g/mol. The summed E-state index contributed by atoms with van der Waals surface area (Å²) in [6.07, 6.45) is 0. The van der Waals surface area contributed by atoms with E-state index in [1.54, 1.807) is 19.1 Å². The lowest BCUT2D eigenvalue weighted by atomic mass is 10.3. The number of ketones is 1. The molecule has 0 aliphatic heterocycles. The zero-order valence-electron chi connectivity index (χ0n) is 10.3. The minimum atomic E-state index is -0.319. The number of aromatic nitrogens is 2. The third kappa shape index (κ3) is 3.02. The van der Waals surface area contributed by atoms with Crippen molar-refractivity contribution in [3.05, 3.63) is 43.5 Å². The second kappa shape index (κ2) is 5.54. The molecular weight excluding hydrogens is 288 g/mol. The number of ether oxygens (including phenoxy) is 1. The highest BCUT2D eigenvalue weighted by Gasteiger charge is 2.14. The summed E-state index contributed by atoms with van der Waals surface area (Å²) in [6.45, 7) is 1.57. The number of rotatable bonds is 4. The van der Waals surface area contributed by atoms with Gasteiger partial charge in [0.05, 0.1) is 22.9 Å². The number of Topliss-reactive ketones (excluding diaryl/α,β-unsaturated/α-hetero) is 1. The predicted molar refractivity (Wildman–Crippen MR) is 73.4 cm³/mol. The number of hydrogen-bond acceptors (Lipinski definition) is 5. The van der Waals surface area contributed by atoms with E-state index in [0.29, 0.717) is 14.9 Å². The van der Waals surface area contributed by atoms with Crippen molar-refractivity contribution in [3.8, 4) is 6.01 Å². The van der Waals surface area contributed by atoms with Gasteiger partial charge in [-0.2, -0.15) is 0 Å². The summed E-state index contributed by atoms with van der Waals surface area (Å²) in [4.78, 5) is 28.5. The van der Waals surface area contributed by atoms with E-state index >= 15 is 0 Å². The normalized spacial score (nSPS) is 10.5. The first-order chi connectivity index (χ1) is 9.01. The zero-order chi connectivity index (χ0) is 14.0. The maximum absolute atomic E-state index is 12.0. The summed E-state index contributed by atoms with van der Waals surface area (Å²) >= 11 is 6.96. The molecule has 100 valence electrons. The van der Waals surface area contributed by atoms with Crippen molar-refractivity contribution in [2.45, 2.75) is 13.5 Å². The molecule has 0 saturated carbocycles. The fourth-order valence-corrected chi connectivity index (χ4v) is 2.55. The lowest BCUT2D eigenvalue weighted by Gasteiger charge is -2.09. The van der Waals surface area contributed by atoms with E-state index in [1.165, 1.54) is 29.1 Å². The number of hydrogen-bond donors (Lipinski definition) is 0. The van der Waals surface area contributed by atoms with Crippen molar-refractivity contribution in [2.75, 3.05) is 7.11 Å². The minimum Gasteiger partial charge on any atom is -0.468 e. The highest BCUT2D eigenvalue weighted by Crippen LogP contribution is 2.22. The molecular formula is C12H11ClN2O3S. The number of thiophene rings is 1. The molecule has 0 bridgehead atoms. The molecule has 0 atom stereocenters. The topological polar surface area (TPSA) is 61.2 Å². The van der Waals surface area contributed by atoms with Crippen molar-refractivity contribution < 1.29 is 9.53 Å². The Kier molecular flexibility index (Phi) is 4.01. The van der Waals surface area contributed by atoms with E-state index in [0.717, 1.165) is 0 Å². The van der Waals surface area contributed by atoms with Crippen molar-refractivity contribution in [1.82, 2.24) is 9.55 Å². The van der Waals surface area contributed by atoms with Gasteiger partial charge >= 0.3 is 0 Å². The van der Waals surface area contributed by atoms with Crippen LogP contribution in [0.3, 0.4) is 0 Å². The van der Waals surface area contributed by atoms with Crippen molar-refractivity contribution in [3.63, 3.8) is 0 Å². The van der Waals surface area contributed by atoms with Crippen LogP contribution < -0.4 is 10.3 Å². The molecule has 5 nitrogen and oxygen atoms in total. The number of halogens is 1. The molecule has 0 radical (unpaired) electrons. The van der Waals surface area contributed by atoms with Crippen LogP contribution in [0.2, 0.25) is 4.34 Å². The molecule has 2 aromatic rings. The maximum atomic E-state index is 12.0. The predicted octanol–water partition coefficient (Wildman–Crippen LogP) is 2.16. The van der Waals surface area contributed by atoms with Crippen molar-refractivity contribution >= 4 is 28.7 Å². The molecule has 0 aliphatic rings. The van der Waals surface area contributed by atoms with Gasteiger partial charge in [-0.3, -0.25) is 14.2 Å². The average Bonchev–Trinajstić information content (AvgIpc) is 2.78. The highest BCUT2D eigenvalue weighted by atomic mass is 35.5. The van der Waals surface area contributed by atoms with Gasteiger partial charge < -0.3 is 4.74 Å². The summed E-state index contributed by atoms with van der Waals surface area (Å²) in [6, 6.07) is 4.76. The molecule has 0 N–H and O–H groups in total. The van der Waals surface area contributed by atoms with Gasteiger partial charge in [0.25, 0.3) is 11.6 Å². The van der Waals surface area contributed by atoms with Crippen LogP contribution in [-0.4, -0.2) is 22.4 Å². The second-order valence-electron chi connectivity index (χ2n) is 3.84. The van der Waals surface area contributed by atoms with Crippen LogP contribution in [0.25, 0.3) is 0 Å². The van der Waals surface area contributed by atoms with E-state index in [2.05, 4.69) is 4.98 Å². The molecule has 0 spiro atoms. The molecule has 0 aromatic carbocycles. The molecule has 7 heteroatoms. The van der Waals surface area contributed by atoms with Crippen LogP contribution in [0, 0.1) is 6.92 Å². The fraction of sp³-hybridized carbons (Fsp3) is 0.250. The summed E-state index contributed by atoms with van der Waals surface area (Å²) < 4.78 is 6.76. The first-order valence-corrected chi connectivity index (χ1v) is 6.61. The van der Waals surface area contributed by atoms with Gasteiger partial charge in [0, 0.05) is 11.8 Å². The van der Waals surface area contributed by atoms with E-state index in [4.69, 9.17) is 16.3 Å². The van der Waals surface area contributed by atoms with Gasteiger partial charge in [-0.05, 0) is 19.1 Å². The lowest BCUT2D eigenvalue weighted by Crippen LogP contribution is -2.26. The van der Waals surface area contributed by atoms with Gasteiger partial charge in [0.2, 0.25) is 0 Å². The highest BCUT2D eigenvalue weighted by molar-refractivity contribution is 7.18. The first-order valence-electron chi connectivity index (χ1n) is 5.42. The Morgan fingerprint density at radius 3 is 2.84 bits per heavy atom. The Morgan fingerprint density at radius 2 is 2.26 bits per heavy atom. The smallest absolute Gasteiger partial charge is 0.299 e. The molecule has 0 saturated heterocycles. The maximum Gasteiger partial charge on any atom is 0.299 e. The molecule has 0 unspecified atom stereocenters. The van der Waals surface area contributed by atoms with Crippen LogP contribution in [0.4, 0.5) is 0 Å². The van der Waals surface area contributed by atoms with E-state index in [-0.39, 0.29) is 23.9 Å². The molecule has 19 heavy (non-hydrogen) atoms. The van der Waals surface area contributed by atoms with Crippen molar-refractivity contribution in [1.29, 1.82) is 0 Å². The van der Waals surface area contributed by atoms with Crippen LogP contribution in [0.5, 0.6) is 6.01 Å². The first kappa shape index (κ1) is 13.8. The van der Waals surface area contributed by atoms with Gasteiger partial charge in [-0.1, -0.05) is 11.6 Å². The molecule has 0 amide bonds. The van der Waals surface area contributed by atoms with E-state index in [1.807, 2.05) is 0 Å². The second-order valence-corrected chi connectivity index (χ2v) is 5.55. The summed E-state index contributed by atoms with van der Waals surface area (Å²) in [5, 5.41) is 0. The van der Waals surface area contributed by atoms with E-state index < -0.39 is 0 Å². The fourth-order valence-electron chi connectivity index (χ4n) is 1.58. The quantitative estimate of drug-likeness (QED) is 0.812. The third-order valence-electron chi connectivity index (χ3n) is 2.43. The van der Waals surface area contributed by atoms with Gasteiger partial charge in [-0.25, -0.2) is 4.98 Å². The summed E-state index contributed by atoms with van der Waals surface area (Å²) in [5.74, 6) is -0.206. The van der Waals surface area contributed by atoms with Crippen LogP contribution in [0.1, 0.15) is 15.4 Å². The molecule has 0 aliphatic carbocycles. The number of aryl methyl sites for hydroxylation is 1. The van der Waals surface area contributed by atoms with Crippen LogP contribution >= 0.6 is 22.9 Å². The molecule has 2 rings (SSSR count). The third-order valence-corrected chi connectivity index (χ3v) is 3.71. The minimum absolute atomic E-state index is 0.119. The molecule has 2 heterocycles. The van der Waals surface area contributed by atoms with Crippen LogP contribution in [-0.2, 0) is 6.54 Å². The zero-order valence-corrected chi connectivity index (χ0v) is 11.9. The van der Waals surface area contributed by atoms with Crippen LogP contribution in [0.15, 0.2) is 23.0 Å². The van der Waals surface area contributed by atoms with Gasteiger partial charge in [-0.15, -0.1) is 11.3 Å². The Labute approximate surface area is 118 Å². The largest absolute Gasteiger partial charge is 0.468 e. The Morgan fingerprint density at radius 1 is 1.53 bits per heavy atom. The lowest BCUT2D eigenvalue weighted by molar-refractivity contribution is 0.0970. The number of nitrogens with zero attached hydrogens (tertiary/aromatic N) is 2. The SMILES string of the molecule is COc1nc(C)cc(=O)n1CC(=O)c1ccc(Cl)s1. The number of carbonyl (C=O) groups excluding carboxylic acids is 1.